The van der Waals surface area contributed by atoms with Gasteiger partial charge in [0.05, 0.1) is 262 Å². The monoisotopic (exact) mass is 987 g/mol. The molecule has 0 fully saturated rings. The van der Waals surface area contributed by atoms with Gasteiger partial charge in [-0.3, -0.25) is 0 Å². The summed E-state index contributed by atoms with van der Waals surface area (Å²) in [7, 11) is 0. The van der Waals surface area contributed by atoms with Crippen LogP contribution in [-0.2, 0) is 85.3 Å². The van der Waals surface area contributed by atoms with Gasteiger partial charge in [-0.25, -0.2) is 0 Å². The number of hydrogen-bond acceptors (Lipinski definition) is 22. The molecule has 22 nitrogen and oxygen atoms in total. The van der Waals surface area contributed by atoms with Crippen molar-refractivity contribution in [3.8, 4) is 0 Å². The van der Waals surface area contributed by atoms with Gasteiger partial charge in [0, 0.05) is 0 Å². The molecule has 406 valence electrons. The number of ether oxygens (including phenoxy) is 18. The fraction of sp³-hybridized carbons (Fsp3) is 1.00. The molecule has 22 heteroatoms. The molecule has 0 radical (unpaired) electrons. The Kier molecular flexibility index (Phi) is 60.5. The molecule has 0 saturated heterocycles. The van der Waals surface area contributed by atoms with Crippen molar-refractivity contribution >= 4 is 0 Å². The lowest BCUT2D eigenvalue weighted by atomic mass is 10.3. The highest BCUT2D eigenvalue weighted by molar-refractivity contribution is 4.57. The molecule has 5 atom stereocenters. The Bertz CT molecular complexity index is 843. The summed E-state index contributed by atoms with van der Waals surface area (Å²) in [5.41, 5.74) is 0. The SMILES string of the molecule is CC(O)COC(C)COC(C)COC(C)COC(C)CO.OCCOCCOCCOCCOCCOCCOCCOCCOCCOCCOCCOCCOCCOCCOCCO. The summed E-state index contributed by atoms with van der Waals surface area (Å²) in [6.45, 7) is 24.6. The quantitative estimate of drug-likeness (QED) is 0.0594. The van der Waals surface area contributed by atoms with Gasteiger partial charge in [-0.1, -0.05) is 0 Å². The molecule has 0 saturated carbocycles. The van der Waals surface area contributed by atoms with E-state index in [0.717, 1.165) is 0 Å². The van der Waals surface area contributed by atoms with E-state index >= 15 is 0 Å². The van der Waals surface area contributed by atoms with Crippen LogP contribution in [0.5, 0.6) is 0 Å². The van der Waals surface area contributed by atoms with Gasteiger partial charge in [-0.05, 0) is 34.6 Å². The average molecular weight is 987 g/mol. The molecule has 0 spiro atoms. The first-order valence-electron chi connectivity index (χ1n) is 23.8. The van der Waals surface area contributed by atoms with Crippen LogP contribution in [0.3, 0.4) is 0 Å². The highest BCUT2D eigenvalue weighted by Crippen LogP contribution is 2.02. The summed E-state index contributed by atoms with van der Waals surface area (Å²) in [5, 5.41) is 35.1. The minimum Gasteiger partial charge on any atom is -0.394 e. The van der Waals surface area contributed by atoms with E-state index in [9.17, 15) is 0 Å². The molecule has 0 amide bonds. The van der Waals surface area contributed by atoms with Crippen molar-refractivity contribution in [2.24, 2.45) is 0 Å². The van der Waals surface area contributed by atoms with Gasteiger partial charge >= 0.3 is 0 Å². The van der Waals surface area contributed by atoms with Gasteiger partial charge in [0.2, 0.25) is 0 Å². The summed E-state index contributed by atoms with van der Waals surface area (Å²) in [4.78, 5) is 0. The lowest BCUT2D eigenvalue weighted by molar-refractivity contribution is -0.0936. The van der Waals surface area contributed by atoms with Crippen molar-refractivity contribution in [2.75, 3.05) is 231 Å². The van der Waals surface area contributed by atoms with Gasteiger partial charge in [0.25, 0.3) is 0 Å². The number of aliphatic hydroxyl groups excluding tert-OH is 4. The number of hydrogen-bond donors (Lipinski definition) is 4. The van der Waals surface area contributed by atoms with Crippen LogP contribution >= 0.6 is 0 Å². The van der Waals surface area contributed by atoms with Crippen LogP contribution in [-0.4, -0.2) is 282 Å². The molecule has 0 aliphatic rings. The first-order chi connectivity index (χ1) is 32.8. The second kappa shape index (κ2) is 59.4. The zero-order chi connectivity index (χ0) is 49.4. The Morgan fingerprint density at radius 1 is 0.239 bits per heavy atom. The van der Waals surface area contributed by atoms with Crippen molar-refractivity contribution in [2.45, 2.75) is 65.1 Å². The zero-order valence-corrected chi connectivity index (χ0v) is 41.8. The van der Waals surface area contributed by atoms with Gasteiger partial charge in [0.15, 0.2) is 0 Å². The fourth-order valence-corrected chi connectivity index (χ4v) is 4.49. The Morgan fingerprint density at radius 3 is 0.567 bits per heavy atom. The van der Waals surface area contributed by atoms with Crippen molar-refractivity contribution in [1.29, 1.82) is 0 Å². The van der Waals surface area contributed by atoms with E-state index in [1.54, 1.807) is 6.92 Å². The van der Waals surface area contributed by atoms with Crippen LogP contribution in [0.4, 0.5) is 0 Å². The van der Waals surface area contributed by atoms with E-state index in [2.05, 4.69) is 0 Å². The Morgan fingerprint density at radius 2 is 0.403 bits per heavy atom. The molecule has 0 aromatic rings. The van der Waals surface area contributed by atoms with Gasteiger partial charge in [0.1, 0.15) is 0 Å². The molecule has 4 N–H and O–H groups in total. The highest BCUT2D eigenvalue weighted by Gasteiger charge is 2.12. The summed E-state index contributed by atoms with van der Waals surface area (Å²) < 4.78 is 97.3. The molecule has 0 aliphatic heterocycles. The summed E-state index contributed by atoms with van der Waals surface area (Å²) in [6, 6.07) is 0. The second-order valence-electron chi connectivity index (χ2n) is 14.6. The van der Waals surface area contributed by atoms with Crippen LogP contribution < -0.4 is 0 Å². The normalized spacial score (nSPS) is 13.9. The van der Waals surface area contributed by atoms with Crippen LogP contribution in [0.25, 0.3) is 0 Å². The van der Waals surface area contributed by atoms with E-state index in [0.29, 0.717) is 211 Å². The van der Waals surface area contributed by atoms with Gasteiger partial charge in [-0.15, -0.1) is 0 Å². The maximum Gasteiger partial charge on any atom is 0.0781 e. The first kappa shape index (κ1) is 68.2. The molecule has 0 heterocycles. The molecule has 0 aromatic heterocycles. The fourth-order valence-electron chi connectivity index (χ4n) is 4.49. The summed E-state index contributed by atoms with van der Waals surface area (Å²) in [6.07, 6.45) is -0.783. The predicted molar refractivity (Wildman–Crippen MR) is 246 cm³/mol. The minimum absolute atomic E-state index is 0.0105. The van der Waals surface area contributed by atoms with E-state index in [-0.39, 0.29) is 44.2 Å². The molecule has 0 bridgehead atoms. The third kappa shape index (κ3) is 63.1. The molecule has 5 unspecified atom stereocenters. The van der Waals surface area contributed by atoms with Crippen LogP contribution in [0.2, 0.25) is 0 Å². The molecule has 0 aromatic carbocycles. The third-order valence-corrected chi connectivity index (χ3v) is 8.03. The van der Waals surface area contributed by atoms with Crippen LogP contribution in [0, 0.1) is 0 Å². The first-order valence-corrected chi connectivity index (χ1v) is 23.8. The summed E-state index contributed by atoms with van der Waals surface area (Å²) in [5.74, 6) is 0. The van der Waals surface area contributed by atoms with E-state index < -0.39 is 6.10 Å². The van der Waals surface area contributed by atoms with E-state index in [4.69, 9.17) is 106 Å². The third-order valence-electron chi connectivity index (χ3n) is 8.03. The maximum atomic E-state index is 9.12. The number of rotatable bonds is 56. The topological polar surface area (TPSA) is 247 Å². The van der Waals surface area contributed by atoms with Crippen molar-refractivity contribution in [3.05, 3.63) is 0 Å². The standard InChI is InChI=1S/C30H62O16.C15H32O6/c31-1-3-33-5-7-35-9-11-37-13-15-39-17-19-41-21-23-43-25-27-45-29-30-46-28-26-44-24-22-42-20-18-40-16-14-38-12-10-36-8-6-34-4-2-32;1-11(17)7-18-13(3)9-20-15(5)10-21-14(4)8-19-12(2)6-16/h31-32H,1-30H2;11-17H,6-10H2,1-5H3. The van der Waals surface area contributed by atoms with Crippen molar-refractivity contribution < 1.29 is 106 Å². The Balaban J connectivity index is 0. The van der Waals surface area contributed by atoms with Gasteiger partial charge < -0.3 is 106 Å². The molecule has 0 aliphatic carbocycles. The van der Waals surface area contributed by atoms with Crippen LogP contribution in [0.15, 0.2) is 0 Å². The second-order valence-corrected chi connectivity index (χ2v) is 14.6. The van der Waals surface area contributed by atoms with E-state index in [1.165, 1.54) is 0 Å². The predicted octanol–water partition coefficient (Wildman–Crippen LogP) is 0.183. The molecular weight excluding hydrogens is 892 g/mol. The maximum absolute atomic E-state index is 9.12. The van der Waals surface area contributed by atoms with Gasteiger partial charge in [-0.2, -0.15) is 0 Å². The highest BCUT2D eigenvalue weighted by atomic mass is 16.6. The lowest BCUT2D eigenvalue weighted by Crippen LogP contribution is -2.28. The smallest absolute Gasteiger partial charge is 0.0781 e. The lowest BCUT2D eigenvalue weighted by Gasteiger charge is -2.21. The van der Waals surface area contributed by atoms with Crippen LogP contribution in [0.1, 0.15) is 34.6 Å². The van der Waals surface area contributed by atoms with E-state index in [1.807, 2.05) is 27.7 Å². The molecule has 67 heavy (non-hydrogen) atoms. The zero-order valence-electron chi connectivity index (χ0n) is 41.8. The Labute approximate surface area is 401 Å². The molecular formula is C45H94O22. The number of aliphatic hydroxyl groups is 4. The van der Waals surface area contributed by atoms with Crippen molar-refractivity contribution in [1.82, 2.24) is 0 Å². The largest absolute Gasteiger partial charge is 0.394 e. The van der Waals surface area contributed by atoms with Crippen molar-refractivity contribution in [3.63, 3.8) is 0 Å². The summed E-state index contributed by atoms with van der Waals surface area (Å²) >= 11 is 0. The average Bonchev–Trinajstić information content (AvgIpc) is 3.33. The Hall–Kier alpha value is -0.880. The molecule has 0 rings (SSSR count). The minimum atomic E-state index is -0.463.